The van der Waals surface area contributed by atoms with E-state index in [-0.39, 0.29) is 5.78 Å². The standard InChI is InChI=1S/C19H18BrNO2/c1-2-3-12-21-17-15-6-4-5-7-16(15)23-19(17)18(22)13-8-10-14(20)11-9-13/h4-11,21H,2-3,12H2,1H3. The Balaban J connectivity index is 2.02. The molecule has 0 saturated carbocycles. The highest BCUT2D eigenvalue weighted by Crippen LogP contribution is 2.32. The Hall–Kier alpha value is -2.07. The van der Waals surface area contributed by atoms with Gasteiger partial charge < -0.3 is 9.73 Å². The molecule has 3 rings (SSSR count). The summed E-state index contributed by atoms with van der Waals surface area (Å²) in [6.07, 6.45) is 2.14. The highest BCUT2D eigenvalue weighted by Gasteiger charge is 2.21. The molecule has 23 heavy (non-hydrogen) atoms. The SMILES string of the molecule is CCCCNc1c(C(=O)c2ccc(Br)cc2)oc2ccccc12. The van der Waals surface area contributed by atoms with Crippen molar-refractivity contribution in [1.29, 1.82) is 0 Å². The number of rotatable bonds is 6. The molecule has 0 aliphatic carbocycles. The minimum Gasteiger partial charge on any atom is -0.450 e. The third-order valence-electron chi connectivity index (χ3n) is 3.74. The van der Waals surface area contributed by atoms with Crippen LogP contribution in [-0.2, 0) is 0 Å². The van der Waals surface area contributed by atoms with Crippen LogP contribution in [0.15, 0.2) is 57.4 Å². The number of benzene rings is 2. The number of furan rings is 1. The molecule has 0 aliphatic rings. The molecule has 0 aliphatic heterocycles. The number of para-hydroxylation sites is 1. The highest BCUT2D eigenvalue weighted by molar-refractivity contribution is 9.10. The summed E-state index contributed by atoms with van der Waals surface area (Å²) in [5.41, 5.74) is 2.14. The molecule has 3 aromatic rings. The van der Waals surface area contributed by atoms with Gasteiger partial charge in [-0.25, -0.2) is 0 Å². The molecule has 0 saturated heterocycles. The average molecular weight is 372 g/mol. The van der Waals surface area contributed by atoms with Gasteiger partial charge in [0.1, 0.15) is 5.58 Å². The van der Waals surface area contributed by atoms with E-state index >= 15 is 0 Å². The van der Waals surface area contributed by atoms with Crippen molar-refractivity contribution in [1.82, 2.24) is 0 Å². The average Bonchev–Trinajstić information content (AvgIpc) is 2.94. The summed E-state index contributed by atoms with van der Waals surface area (Å²) in [6.45, 7) is 2.96. The number of nitrogens with one attached hydrogen (secondary N) is 1. The first-order chi connectivity index (χ1) is 11.2. The zero-order valence-electron chi connectivity index (χ0n) is 12.9. The molecule has 1 heterocycles. The van der Waals surface area contributed by atoms with Gasteiger partial charge in [-0.3, -0.25) is 4.79 Å². The van der Waals surface area contributed by atoms with Crippen molar-refractivity contribution in [2.75, 3.05) is 11.9 Å². The molecule has 2 aromatic carbocycles. The summed E-state index contributed by atoms with van der Waals surface area (Å²) >= 11 is 3.39. The third-order valence-corrected chi connectivity index (χ3v) is 4.27. The Labute approximate surface area is 143 Å². The lowest BCUT2D eigenvalue weighted by Gasteiger charge is -2.06. The number of carbonyl (C=O) groups is 1. The maximum Gasteiger partial charge on any atom is 0.230 e. The van der Waals surface area contributed by atoms with E-state index in [0.717, 1.165) is 40.5 Å². The van der Waals surface area contributed by atoms with E-state index in [0.29, 0.717) is 11.3 Å². The van der Waals surface area contributed by atoms with Crippen LogP contribution in [0, 0.1) is 0 Å². The molecule has 0 unspecified atom stereocenters. The number of halogens is 1. The highest BCUT2D eigenvalue weighted by atomic mass is 79.9. The van der Waals surface area contributed by atoms with Gasteiger partial charge in [0.2, 0.25) is 5.78 Å². The lowest BCUT2D eigenvalue weighted by atomic mass is 10.1. The van der Waals surface area contributed by atoms with Crippen LogP contribution >= 0.6 is 15.9 Å². The van der Waals surface area contributed by atoms with Crippen LogP contribution in [-0.4, -0.2) is 12.3 Å². The monoisotopic (exact) mass is 371 g/mol. The van der Waals surface area contributed by atoms with Crippen LogP contribution in [0.3, 0.4) is 0 Å². The van der Waals surface area contributed by atoms with Crippen molar-refractivity contribution < 1.29 is 9.21 Å². The molecule has 0 radical (unpaired) electrons. The molecule has 1 N–H and O–H groups in total. The number of fused-ring (bicyclic) bond motifs is 1. The molecule has 0 atom stereocenters. The van der Waals surface area contributed by atoms with E-state index in [4.69, 9.17) is 4.42 Å². The molecular formula is C19H18BrNO2. The Kier molecular flexibility index (Phi) is 4.82. The normalized spacial score (nSPS) is 10.9. The van der Waals surface area contributed by atoms with Gasteiger partial charge in [0.05, 0.1) is 5.69 Å². The zero-order chi connectivity index (χ0) is 16.2. The van der Waals surface area contributed by atoms with Crippen LogP contribution in [0.4, 0.5) is 5.69 Å². The van der Waals surface area contributed by atoms with E-state index in [2.05, 4.69) is 28.2 Å². The first kappa shape index (κ1) is 15.8. The van der Waals surface area contributed by atoms with Crippen molar-refractivity contribution >= 4 is 38.4 Å². The molecule has 0 spiro atoms. The molecule has 4 heteroatoms. The van der Waals surface area contributed by atoms with Crippen LogP contribution < -0.4 is 5.32 Å². The molecule has 0 bridgehead atoms. The Morgan fingerprint density at radius 2 is 1.87 bits per heavy atom. The fourth-order valence-corrected chi connectivity index (χ4v) is 2.77. The van der Waals surface area contributed by atoms with Crippen molar-refractivity contribution in [2.45, 2.75) is 19.8 Å². The van der Waals surface area contributed by atoms with Crippen LogP contribution in [0.5, 0.6) is 0 Å². The summed E-state index contributed by atoms with van der Waals surface area (Å²) in [5, 5.41) is 4.32. The lowest BCUT2D eigenvalue weighted by Crippen LogP contribution is -2.07. The van der Waals surface area contributed by atoms with Crippen LogP contribution in [0.2, 0.25) is 0 Å². The van der Waals surface area contributed by atoms with Crippen molar-refractivity contribution in [3.05, 3.63) is 64.3 Å². The van der Waals surface area contributed by atoms with Gasteiger partial charge >= 0.3 is 0 Å². The van der Waals surface area contributed by atoms with E-state index in [1.54, 1.807) is 12.1 Å². The summed E-state index contributed by atoms with van der Waals surface area (Å²) in [7, 11) is 0. The summed E-state index contributed by atoms with van der Waals surface area (Å²) < 4.78 is 6.80. The van der Waals surface area contributed by atoms with Crippen molar-refractivity contribution in [2.24, 2.45) is 0 Å². The van der Waals surface area contributed by atoms with Gasteiger partial charge in [0.25, 0.3) is 0 Å². The Bertz CT molecular complexity index is 821. The van der Waals surface area contributed by atoms with Crippen LogP contribution in [0.1, 0.15) is 35.9 Å². The van der Waals surface area contributed by atoms with E-state index in [1.807, 2.05) is 36.4 Å². The minimum atomic E-state index is -0.104. The summed E-state index contributed by atoms with van der Waals surface area (Å²) in [6, 6.07) is 15.1. The van der Waals surface area contributed by atoms with E-state index in [9.17, 15) is 4.79 Å². The largest absolute Gasteiger partial charge is 0.450 e. The predicted octanol–water partition coefficient (Wildman–Crippen LogP) is 5.64. The van der Waals surface area contributed by atoms with Gasteiger partial charge in [-0.1, -0.05) is 41.4 Å². The first-order valence-electron chi connectivity index (χ1n) is 7.76. The number of unbranched alkanes of at least 4 members (excludes halogenated alkanes) is 1. The molecular weight excluding hydrogens is 354 g/mol. The van der Waals surface area contributed by atoms with Crippen molar-refractivity contribution in [3.63, 3.8) is 0 Å². The van der Waals surface area contributed by atoms with E-state index < -0.39 is 0 Å². The van der Waals surface area contributed by atoms with Gasteiger partial charge in [-0.15, -0.1) is 0 Å². The fourth-order valence-electron chi connectivity index (χ4n) is 2.50. The van der Waals surface area contributed by atoms with Crippen molar-refractivity contribution in [3.8, 4) is 0 Å². The maximum absolute atomic E-state index is 12.8. The molecule has 3 nitrogen and oxygen atoms in total. The fraction of sp³-hybridized carbons (Fsp3) is 0.211. The topological polar surface area (TPSA) is 42.2 Å². The van der Waals surface area contributed by atoms with Gasteiger partial charge in [-0.05, 0) is 42.8 Å². The third kappa shape index (κ3) is 3.32. The number of hydrogen-bond acceptors (Lipinski definition) is 3. The Morgan fingerprint density at radius 3 is 2.61 bits per heavy atom. The predicted molar refractivity (Wildman–Crippen MR) is 97.2 cm³/mol. The number of anilines is 1. The van der Waals surface area contributed by atoms with E-state index in [1.165, 1.54) is 0 Å². The zero-order valence-corrected chi connectivity index (χ0v) is 14.5. The quantitative estimate of drug-likeness (QED) is 0.450. The molecule has 0 fully saturated rings. The number of hydrogen-bond donors (Lipinski definition) is 1. The number of carbonyl (C=O) groups excluding carboxylic acids is 1. The second-order valence-electron chi connectivity index (χ2n) is 5.42. The smallest absolute Gasteiger partial charge is 0.230 e. The number of ketones is 1. The summed E-state index contributed by atoms with van der Waals surface area (Å²) in [4.78, 5) is 12.8. The minimum absolute atomic E-state index is 0.104. The second-order valence-corrected chi connectivity index (χ2v) is 6.33. The summed E-state index contributed by atoms with van der Waals surface area (Å²) in [5.74, 6) is 0.275. The Morgan fingerprint density at radius 1 is 1.13 bits per heavy atom. The van der Waals surface area contributed by atoms with Gasteiger partial charge in [-0.2, -0.15) is 0 Å². The lowest BCUT2D eigenvalue weighted by molar-refractivity contribution is 0.101. The first-order valence-corrected chi connectivity index (χ1v) is 8.55. The maximum atomic E-state index is 12.8. The van der Waals surface area contributed by atoms with Crippen LogP contribution in [0.25, 0.3) is 11.0 Å². The second kappa shape index (κ2) is 7.01. The van der Waals surface area contributed by atoms with Gasteiger partial charge in [0.15, 0.2) is 5.76 Å². The van der Waals surface area contributed by atoms with Gasteiger partial charge in [0, 0.05) is 22.0 Å². The molecule has 1 aromatic heterocycles. The molecule has 118 valence electrons. The molecule has 0 amide bonds.